The standard InChI is InChI=1S/C20H23N3O2S/c1-14-7-5-6-10-17(14)20-21-18-12-11-15(13-19(18)22-20)23-26(24,25)16-8-3-2-4-9-16/h2-4,8-9,11-14,17,23H,5-7,10H2,1H3,(H,21,22). The van der Waals surface area contributed by atoms with E-state index >= 15 is 0 Å². The Kier molecular flexibility index (Phi) is 4.44. The number of rotatable bonds is 4. The molecule has 2 unspecified atom stereocenters. The summed E-state index contributed by atoms with van der Waals surface area (Å²) in [6.07, 6.45) is 4.94. The minimum atomic E-state index is -3.59. The summed E-state index contributed by atoms with van der Waals surface area (Å²) in [6, 6.07) is 13.8. The highest BCUT2D eigenvalue weighted by Gasteiger charge is 2.25. The van der Waals surface area contributed by atoms with Crippen LogP contribution in [0.15, 0.2) is 53.4 Å². The first-order valence-electron chi connectivity index (χ1n) is 9.10. The van der Waals surface area contributed by atoms with Crippen molar-refractivity contribution in [2.45, 2.75) is 43.4 Å². The van der Waals surface area contributed by atoms with Gasteiger partial charge in [0.25, 0.3) is 10.0 Å². The van der Waals surface area contributed by atoms with Crippen LogP contribution in [-0.4, -0.2) is 18.4 Å². The highest BCUT2D eigenvalue weighted by atomic mass is 32.2. The summed E-state index contributed by atoms with van der Waals surface area (Å²) in [6.45, 7) is 2.29. The summed E-state index contributed by atoms with van der Waals surface area (Å²) in [4.78, 5) is 8.42. The van der Waals surface area contributed by atoms with Crippen molar-refractivity contribution in [2.24, 2.45) is 5.92 Å². The Bertz CT molecular complexity index is 1010. The third kappa shape index (κ3) is 3.33. The second-order valence-corrected chi connectivity index (χ2v) is 8.82. The van der Waals surface area contributed by atoms with Gasteiger partial charge >= 0.3 is 0 Å². The topological polar surface area (TPSA) is 74.8 Å². The summed E-state index contributed by atoms with van der Waals surface area (Å²) in [5, 5.41) is 0. The van der Waals surface area contributed by atoms with Gasteiger partial charge in [-0.3, -0.25) is 4.72 Å². The number of nitrogens with zero attached hydrogens (tertiary/aromatic N) is 1. The van der Waals surface area contributed by atoms with Crippen LogP contribution in [-0.2, 0) is 10.0 Å². The van der Waals surface area contributed by atoms with E-state index in [-0.39, 0.29) is 4.90 Å². The maximum Gasteiger partial charge on any atom is 0.261 e. The van der Waals surface area contributed by atoms with Gasteiger partial charge in [-0.15, -0.1) is 0 Å². The van der Waals surface area contributed by atoms with Crippen molar-refractivity contribution in [1.82, 2.24) is 9.97 Å². The molecule has 4 rings (SSSR count). The third-order valence-electron chi connectivity index (χ3n) is 5.27. The Morgan fingerprint density at radius 2 is 1.85 bits per heavy atom. The summed E-state index contributed by atoms with van der Waals surface area (Å²) in [5.74, 6) is 2.11. The number of hydrogen-bond donors (Lipinski definition) is 2. The fourth-order valence-corrected chi connectivity index (χ4v) is 4.88. The van der Waals surface area contributed by atoms with Crippen LogP contribution in [0.1, 0.15) is 44.3 Å². The predicted molar refractivity (Wildman–Crippen MR) is 104 cm³/mol. The Morgan fingerprint density at radius 1 is 1.08 bits per heavy atom. The minimum Gasteiger partial charge on any atom is -0.342 e. The van der Waals surface area contributed by atoms with E-state index in [0.717, 1.165) is 23.3 Å². The molecule has 2 aromatic carbocycles. The first kappa shape index (κ1) is 17.1. The molecule has 1 aliphatic carbocycles. The Hall–Kier alpha value is -2.34. The smallest absolute Gasteiger partial charge is 0.261 e. The number of H-pyrrole nitrogens is 1. The van der Waals surface area contributed by atoms with Crippen LogP contribution < -0.4 is 4.72 Å². The Morgan fingerprint density at radius 3 is 2.62 bits per heavy atom. The number of sulfonamides is 1. The van der Waals surface area contributed by atoms with E-state index in [1.165, 1.54) is 19.3 Å². The van der Waals surface area contributed by atoms with Crippen molar-refractivity contribution in [3.8, 4) is 0 Å². The number of nitrogens with one attached hydrogen (secondary N) is 2. The highest BCUT2D eigenvalue weighted by molar-refractivity contribution is 7.92. The zero-order valence-electron chi connectivity index (χ0n) is 14.8. The summed E-state index contributed by atoms with van der Waals surface area (Å²) in [5.41, 5.74) is 2.28. The van der Waals surface area contributed by atoms with E-state index in [2.05, 4.69) is 16.6 Å². The number of aromatic nitrogens is 2. The van der Waals surface area contributed by atoms with Gasteiger partial charge in [-0.2, -0.15) is 0 Å². The largest absolute Gasteiger partial charge is 0.342 e. The minimum absolute atomic E-state index is 0.251. The van der Waals surface area contributed by atoms with Gasteiger partial charge in [-0.25, -0.2) is 13.4 Å². The van der Waals surface area contributed by atoms with Crippen molar-refractivity contribution in [3.05, 3.63) is 54.4 Å². The molecule has 3 aromatic rings. The molecule has 0 bridgehead atoms. The SMILES string of the molecule is CC1CCCCC1c1nc2ccc(NS(=O)(=O)c3ccccc3)cc2[nH]1. The first-order chi connectivity index (χ1) is 12.5. The van der Waals surface area contributed by atoms with Crippen LogP contribution in [0.4, 0.5) is 5.69 Å². The van der Waals surface area contributed by atoms with Crippen LogP contribution in [0.3, 0.4) is 0 Å². The van der Waals surface area contributed by atoms with E-state index in [0.29, 0.717) is 17.5 Å². The molecule has 1 fully saturated rings. The van der Waals surface area contributed by atoms with Crippen LogP contribution in [0.25, 0.3) is 11.0 Å². The second-order valence-electron chi connectivity index (χ2n) is 7.14. The number of hydrogen-bond acceptors (Lipinski definition) is 3. The van der Waals surface area contributed by atoms with Gasteiger partial charge in [0.2, 0.25) is 0 Å². The number of fused-ring (bicyclic) bond motifs is 1. The molecule has 1 aliphatic rings. The first-order valence-corrected chi connectivity index (χ1v) is 10.6. The molecule has 6 heteroatoms. The van der Waals surface area contributed by atoms with Gasteiger partial charge in [-0.1, -0.05) is 44.4 Å². The molecule has 5 nitrogen and oxygen atoms in total. The van der Waals surface area contributed by atoms with Crippen molar-refractivity contribution in [3.63, 3.8) is 0 Å². The lowest BCUT2D eigenvalue weighted by molar-refractivity contribution is 0.321. The van der Waals surface area contributed by atoms with Crippen LogP contribution in [0.5, 0.6) is 0 Å². The molecule has 2 atom stereocenters. The monoisotopic (exact) mass is 369 g/mol. The highest BCUT2D eigenvalue weighted by Crippen LogP contribution is 2.37. The molecular weight excluding hydrogens is 346 g/mol. The third-order valence-corrected chi connectivity index (χ3v) is 6.67. The quantitative estimate of drug-likeness (QED) is 0.702. The average molecular weight is 369 g/mol. The molecular formula is C20H23N3O2S. The molecule has 0 radical (unpaired) electrons. The maximum absolute atomic E-state index is 12.5. The van der Waals surface area contributed by atoms with E-state index in [4.69, 9.17) is 4.98 Å². The van der Waals surface area contributed by atoms with E-state index in [1.807, 2.05) is 12.1 Å². The Labute approximate surface area is 153 Å². The normalized spacial score (nSPS) is 21.0. The molecule has 0 amide bonds. The molecule has 1 aromatic heterocycles. The second kappa shape index (κ2) is 6.76. The predicted octanol–water partition coefficient (Wildman–Crippen LogP) is 4.66. The molecule has 0 aliphatic heterocycles. The van der Waals surface area contributed by atoms with Crippen LogP contribution in [0.2, 0.25) is 0 Å². The zero-order valence-corrected chi connectivity index (χ0v) is 15.6. The fourth-order valence-electron chi connectivity index (χ4n) is 3.80. The number of aromatic amines is 1. The van der Waals surface area contributed by atoms with Gasteiger partial charge in [0.1, 0.15) is 5.82 Å². The lowest BCUT2D eigenvalue weighted by atomic mass is 9.80. The van der Waals surface area contributed by atoms with E-state index in [1.54, 1.807) is 36.4 Å². The lowest BCUT2D eigenvalue weighted by Gasteiger charge is -2.26. The van der Waals surface area contributed by atoms with Crippen LogP contribution in [0, 0.1) is 5.92 Å². The van der Waals surface area contributed by atoms with Crippen molar-refractivity contribution in [2.75, 3.05) is 4.72 Å². The van der Waals surface area contributed by atoms with Gasteiger partial charge in [0.15, 0.2) is 0 Å². The van der Waals surface area contributed by atoms with Crippen molar-refractivity contribution >= 4 is 26.7 Å². The molecule has 1 saturated carbocycles. The van der Waals surface area contributed by atoms with E-state index < -0.39 is 10.0 Å². The van der Waals surface area contributed by atoms with Gasteiger partial charge in [-0.05, 0) is 42.7 Å². The van der Waals surface area contributed by atoms with Crippen LogP contribution >= 0.6 is 0 Å². The van der Waals surface area contributed by atoms with Gasteiger partial charge in [0, 0.05) is 5.92 Å². The summed E-state index contributed by atoms with van der Waals surface area (Å²) < 4.78 is 27.6. The van der Waals surface area contributed by atoms with E-state index in [9.17, 15) is 8.42 Å². The lowest BCUT2D eigenvalue weighted by Crippen LogP contribution is -2.15. The molecule has 26 heavy (non-hydrogen) atoms. The van der Waals surface area contributed by atoms with Crippen molar-refractivity contribution < 1.29 is 8.42 Å². The van der Waals surface area contributed by atoms with Gasteiger partial charge in [0.05, 0.1) is 21.6 Å². The molecule has 1 heterocycles. The zero-order chi connectivity index (χ0) is 18.1. The van der Waals surface area contributed by atoms with Crippen molar-refractivity contribution in [1.29, 1.82) is 0 Å². The number of imidazole rings is 1. The molecule has 2 N–H and O–H groups in total. The summed E-state index contributed by atoms with van der Waals surface area (Å²) >= 11 is 0. The Balaban J connectivity index is 1.62. The molecule has 136 valence electrons. The molecule has 0 saturated heterocycles. The number of benzene rings is 2. The average Bonchev–Trinajstić information content (AvgIpc) is 3.05. The number of anilines is 1. The fraction of sp³-hybridized carbons (Fsp3) is 0.350. The summed E-state index contributed by atoms with van der Waals surface area (Å²) in [7, 11) is -3.59. The maximum atomic E-state index is 12.5. The van der Waals surface area contributed by atoms with Gasteiger partial charge < -0.3 is 4.98 Å². The molecule has 0 spiro atoms.